The molecule has 3 N–H and O–H groups in total. The second-order valence-electron chi connectivity index (χ2n) is 6.38. The van der Waals surface area contributed by atoms with Crippen LogP contribution in [0.5, 0.6) is 0 Å². The lowest BCUT2D eigenvalue weighted by Crippen LogP contribution is -2.59. The number of amides is 4. The van der Waals surface area contributed by atoms with E-state index in [1.807, 2.05) is 18.2 Å². The van der Waals surface area contributed by atoms with Gasteiger partial charge in [0.2, 0.25) is 5.91 Å². The molecule has 8 heteroatoms. The molecule has 1 aromatic heterocycles. The molecule has 4 amide bonds. The average molecular weight is 327 g/mol. The minimum absolute atomic E-state index is 0.0538. The van der Waals surface area contributed by atoms with Gasteiger partial charge < -0.3 is 10.2 Å². The number of carbonyl (C=O) groups excluding carboxylic acids is 3. The lowest BCUT2D eigenvalue weighted by molar-refractivity contribution is -0.135. The Labute approximate surface area is 137 Å². The van der Waals surface area contributed by atoms with Crippen LogP contribution in [-0.2, 0) is 16.0 Å². The lowest BCUT2D eigenvalue weighted by atomic mass is 9.89. The number of fused-ring (bicyclic) bond motifs is 1. The van der Waals surface area contributed by atoms with Crippen LogP contribution in [0.4, 0.5) is 4.79 Å². The van der Waals surface area contributed by atoms with Gasteiger partial charge in [0.15, 0.2) is 0 Å². The Hall–Kier alpha value is -2.90. The van der Waals surface area contributed by atoms with Crippen LogP contribution in [0.15, 0.2) is 24.4 Å². The van der Waals surface area contributed by atoms with Crippen LogP contribution >= 0.6 is 0 Å². The molecule has 1 spiro atoms. The zero-order valence-corrected chi connectivity index (χ0v) is 13.0. The van der Waals surface area contributed by atoms with E-state index in [9.17, 15) is 14.4 Å². The first kappa shape index (κ1) is 14.7. The van der Waals surface area contributed by atoms with Gasteiger partial charge in [0.25, 0.3) is 5.91 Å². The van der Waals surface area contributed by atoms with Gasteiger partial charge in [-0.15, -0.1) is 0 Å². The topological polar surface area (TPSA) is 107 Å². The van der Waals surface area contributed by atoms with Crippen molar-refractivity contribution in [1.82, 2.24) is 25.7 Å². The van der Waals surface area contributed by atoms with Crippen LogP contribution in [0.3, 0.4) is 0 Å². The van der Waals surface area contributed by atoms with Crippen LogP contribution in [0.2, 0.25) is 0 Å². The smallest absolute Gasteiger partial charge is 0.322 e. The van der Waals surface area contributed by atoms with Gasteiger partial charge in [-0.05, 0) is 24.5 Å². The molecular weight excluding hydrogens is 310 g/mol. The number of likely N-dealkylation sites (tertiary alicyclic amines) is 1. The fourth-order valence-corrected chi connectivity index (χ4v) is 3.46. The molecule has 1 atom stereocenters. The number of piperidine rings is 1. The van der Waals surface area contributed by atoms with Crippen LogP contribution < -0.4 is 10.6 Å². The third-order valence-electron chi connectivity index (χ3n) is 4.72. The largest absolute Gasteiger partial charge is 0.340 e. The maximum absolute atomic E-state index is 12.6. The van der Waals surface area contributed by atoms with E-state index >= 15 is 0 Å². The minimum atomic E-state index is -0.974. The number of carbonyl (C=O) groups is 3. The van der Waals surface area contributed by atoms with Gasteiger partial charge in [-0.1, -0.05) is 12.1 Å². The number of H-pyrrole nitrogens is 1. The molecule has 2 aliphatic heterocycles. The lowest BCUT2D eigenvalue weighted by Gasteiger charge is -2.38. The summed E-state index contributed by atoms with van der Waals surface area (Å²) in [7, 11) is 0. The van der Waals surface area contributed by atoms with Crippen LogP contribution in [0.1, 0.15) is 18.4 Å². The van der Waals surface area contributed by atoms with Gasteiger partial charge in [0.1, 0.15) is 5.54 Å². The number of nitrogens with one attached hydrogen (secondary N) is 3. The van der Waals surface area contributed by atoms with Gasteiger partial charge in [-0.3, -0.25) is 20.0 Å². The van der Waals surface area contributed by atoms with E-state index in [0.717, 1.165) is 16.5 Å². The van der Waals surface area contributed by atoms with Gasteiger partial charge in [0, 0.05) is 11.9 Å². The first-order valence-electron chi connectivity index (χ1n) is 7.89. The van der Waals surface area contributed by atoms with E-state index in [0.29, 0.717) is 19.4 Å². The van der Waals surface area contributed by atoms with Crippen LogP contribution in [-0.4, -0.2) is 51.6 Å². The fourth-order valence-electron chi connectivity index (χ4n) is 3.46. The molecule has 24 heavy (non-hydrogen) atoms. The maximum Gasteiger partial charge on any atom is 0.322 e. The fraction of sp³-hybridized carbons (Fsp3) is 0.375. The molecule has 2 fully saturated rings. The monoisotopic (exact) mass is 327 g/mol. The molecule has 1 aromatic carbocycles. The Kier molecular flexibility index (Phi) is 3.26. The van der Waals surface area contributed by atoms with E-state index in [4.69, 9.17) is 0 Å². The Morgan fingerprint density at radius 3 is 3.00 bits per heavy atom. The van der Waals surface area contributed by atoms with Crippen molar-refractivity contribution in [2.75, 3.05) is 13.1 Å². The second kappa shape index (κ2) is 5.33. The predicted molar refractivity (Wildman–Crippen MR) is 85.0 cm³/mol. The molecule has 0 bridgehead atoms. The molecule has 0 aliphatic carbocycles. The molecule has 124 valence electrons. The number of aromatic amines is 1. The molecule has 2 saturated heterocycles. The number of imide groups is 1. The molecule has 2 aromatic rings. The number of benzene rings is 1. The van der Waals surface area contributed by atoms with E-state index in [2.05, 4.69) is 20.8 Å². The SMILES string of the molecule is O=C1NC(=O)C2(CCCN(C(=O)Cc3ccc4cn[nH]c4c3)C2)N1. The van der Waals surface area contributed by atoms with Gasteiger partial charge in [0.05, 0.1) is 24.7 Å². The Morgan fingerprint density at radius 1 is 1.33 bits per heavy atom. The molecular formula is C16H17N5O3. The van der Waals surface area contributed by atoms with Crippen molar-refractivity contribution in [1.29, 1.82) is 0 Å². The Bertz CT molecular complexity index is 845. The number of aromatic nitrogens is 2. The zero-order valence-electron chi connectivity index (χ0n) is 13.0. The van der Waals surface area contributed by atoms with Crippen molar-refractivity contribution in [3.63, 3.8) is 0 Å². The van der Waals surface area contributed by atoms with Gasteiger partial charge in [-0.2, -0.15) is 5.10 Å². The summed E-state index contributed by atoms with van der Waals surface area (Å²) in [6.07, 6.45) is 3.21. The first-order chi connectivity index (χ1) is 11.6. The highest BCUT2D eigenvalue weighted by atomic mass is 16.2. The van der Waals surface area contributed by atoms with Crippen LogP contribution in [0.25, 0.3) is 10.9 Å². The third-order valence-corrected chi connectivity index (χ3v) is 4.72. The summed E-state index contributed by atoms with van der Waals surface area (Å²) in [5, 5.41) is 12.8. The van der Waals surface area contributed by atoms with Crippen molar-refractivity contribution in [2.45, 2.75) is 24.8 Å². The van der Waals surface area contributed by atoms with Gasteiger partial charge >= 0.3 is 6.03 Å². The molecule has 8 nitrogen and oxygen atoms in total. The van der Waals surface area contributed by atoms with Crippen molar-refractivity contribution >= 4 is 28.7 Å². The Balaban J connectivity index is 1.49. The molecule has 0 saturated carbocycles. The third kappa shape index (κ3) is 2.40. The summed E-state index contributed by atoms with van der Waals surface area (Å²) in [6, 6.07) is 5.24. The van der Waals surface area contributed by atoms with E-state index in [1.165, 1.54) is 0 Å². The minimum Gasteiger partial charge on any atom is -0.340 e. The molecule has 1 unspecified atom stereocenters. The number of rotatable bonds is 2. The summed E-state index contributed by atoms with van der Waals surface area (Å²) in [4.78, 5) is 37.8. The van der Waals surface area contributed by atoms with E-state index < -0.39 is 11.6 Å². The van der Waals surface area contributed by atoms with Crippen molar-refractivity contribution in [2.24, 2.45) is 0 Å². The highest BCUT2D eigenvalue weighted by molar-refractivity contribution is 6.07. The molecule has 3 heterocycles. The average Bonchev–Trinajstić information content (AvgIpc) is 3.12. The zero-order chi connectivity index (χ0) is 16.7. The van der Waals surface area contributed by atoms with Gasteiger partial charge in [-0.25, -0.2) is 4.79 Å². The van der Waals surface area contributed by atoms with E-state index in [1.54, 1.807) is 11.1 Å². The summed E-state index contributed by atoms with van der Waals surface area (Å²) >= 11 is 0. The summed E-state index contributed by atoms with van der Waals surface area (Å²) in [5.74, 6) is -0.397. The highest BCUT2D eigenvalue weighted by Gasteiger charge is 2.49. The second-order valence-corrected chi connectivity index (χ2v) is 6.38. The van der Waals surface area contributed by atoms with Crippen molar-refractivity contribution in [3.8, 4) is 0 Å². The van der Waals surface area contributed by atoms with Crippen molar-refractivity contribution in [3.05, 3.63) is 30.0 Å². The first-order valence-corrected chi connectivity index (χ1v) is 7.89. The van der Waals surface area contributed by atoms with Crippen LogP contribution in [0, 0.1) is 0 Å². The summed E-state index contributed by atoms with van der Waals surface area (Å²) in [6.45, 7) is 0.811. The molecule has 2 aliphatic rings. The number of urea groups is 1. The molecule has 0 radical (unpaired) electrons. The maximum atomic E-state index is 12.6. The quantitative estimate of drug-likeness (QED) is 0.690. The number of hydrogen-bond acceptors (Lipinski definition) is 4. The number of nitrogens with zero attached hydrogens (tertiary/aromatic N) is 2. The normalized spacial score (nSPS) is 23.6. The number of hydrogen-bond donors (Lipinski definition) is 3. The summed E-state index contributed by atoms with van der Waals surface area (Å²) < 4.78 is 0. The Morgan fingerprint density at radius 2 is 2.21 bits per heavy atom. The van der Waals surface area contributed by atoms with E-state index in [-0.39, 0.29) is 24.8 Å². The molecule has 4 rings (SSSR count). The standard InChI is InChI=1S/C16H17N5O3/c22-13(7-10-2-3-11-8-17-20-12(11)6-10)21-5-1-4-16(9-21)14(23)18-15(24)19-16/h2-3,6,8H,1,4-5,7,9H2,(H,17,20)(H2,18,19,23,24). The summed E-state index contributed by atoms with van der Waals surface area (Å²) in [5.41, 5.74) is 0.798. The highest BCUT2D eigenvalue weighted by Crippen LogP contribution is 2.25. The van der Waals surface area contributed by atoms with Crippen molar-refractivity contribution < 1.29 is 14.4 Å². The predicted octanol–water partition coefficient (Wildman–Crippen LogP) is 0.306.